The molecule has 17 heavy (non-hydrogen) atoms. The molecule has 3 nitrogen and oxygen atoms in total. The zero-order chi connectivity index (χ0) is 12.5. The van der Waals surface area contributed by atoms with Crippen LogP contribution < -0.4 is 5.32 Å². The van der Waals surface area contributed by atoms with Crippen molar-refractivity contribution in [3.63, 3.8) is 0 Å². The fraction of sp³-hybridized carbons (Fsp3) is 1.00. The summed E-state index contributed by atoms with van der Waals surface area (Å²) >= 11 is 0. The average Bonchev–Trinajstić information content (AvgIpc) is 2.58. The molecule has 0 saturated carbocycles. The largest absolute Gasteiger partial charge is 0.361 e. The van der Waals surface area contributed by atoms with Crippen molar-refractivity contribution < 1.29 is 4.74 Å². The molecule has 0 amide bonds. The summed E-state index contributed by atoms with van der Waals surface area (Å²) in [6.45, 7) is 12.4. The molecule has 0 radical (unpaired) electrons. The molecule has 2 aliphatic heterocycles. The number of hydrogen-bond donors (Lipinski definition) is 1. The van der Waals surface area contributed by atoms with Gasteiger partial charge >= 0.3 is 0 Å². The van der Waals surface area contributed by atoms with Crippen LogP contribution in [-0.2, 0) is 4.74 Å². The molecule has 0 aromatic heterocycles. The molecule has 1 N–H and O–H groups in total. The van der Waals surface area contributed by atoms with Crippen molar-refractivity contribution in [2.75, 3.05) is 19.7 Å². The minimum atomic E-state index is 0.164. The topological polar surface area (TPSA) is 24.5 Å². The summed E-state index contributed by atoms with van der Waals surface area (Å²) in [6.07, 6.45) is 4.17. The predicted molar refractivity (Wildman–Crippen MR) is 71.0 cm³/mol. The van der Waals surface area contributed by atoms with Gasteiger partial charge in [-0.2, -0.15) is 0 Å². The Hall–Kier alpha value is -0.120. The molecular weight excluding hydrogens is 212 g/mol. The highest BCUT2D eigenvalue weighted by Crippen LogP contribution is 2.26. The quantitative estimate of drug-likeness (QED) is 0.818. The number of hydrogen-bond acceptors (Lipinski definition) is 3. The molecule has 0 spiro atoms. The van der Waals surface area contributed by atoms with Gasteiger partial charge in [-0.3, -0.25) is 5.32 Å². The van der Waals surface area contributed by atoms with Crippen molar-refractivity contribution in [2.45, 2.75) is 64.8 Å². The van der Waals surface area contributed by atoms with Gasteiger partial charge < -0.3 is 9.64 Å². The van der Waals surface area contributed by atoms with E-state index in [1.165, 1.54) is 32.4 Å². The van der Waals surface area contributed by atoms with Gasteiger partial charge in [0.05, 0.1) is 6.61 Å². The molecule has 100 valence electrons. The van der Waals surface area contributed by atoms with Crippen LogP contribution in [-0.4, -0.2) is 42.4 Å². The summed E-state index contributed by atoms with van der Waals surface area (Å²) in [5.74, 6) is 0.803. The normalized spacial score (nSPS) is 34.4. The van der Waals surface area contributed by atoms with Crippen LogP contribution in [0, 0.1) is 5.92 Å². The number of rotatable bonds is 3. The monoisotopic (exact) mass is 240 g/mol. The molecular formula is C14H28N2O. The average molecular weight is 240 g/mol. The lowest BCUT2D eigenvalue weighted by Gasteiger charge is -2.36. The molecule has 3 heteroatoms. The van der Waals surface area contributed by atoms with E-state index < -0.39 is 0 Å². The van der Waals surface area contributed by atoms with Gasteiger partial charge in [0.25, 0.3) is 0 Å². The molecule has 0 aromatic carbocycles. The van der Waals surface area contributed by atoms with E-state index in [-0.39, 0.29) is 11.8 Å². The second kappa shape index (κ2) is 5.25. The molecule has 2 unspecified atom stereocenters. The van der Waals surface area contributed by atoms with E-state index in [9.17, 15) is 0 Å². The van der Waals surface area contributed by atoms with E-state index in [0.29, 0.717) is 6.04 Å². The zero-order valence-electron chi connectivity index (χ0n) is 11.8. The fourth-order valence-electron chi connectivity index (χ4n) is 3.02. The highest BCUT2D eigenvalue weighted by Gasteiger charge is 2.33. The van der Waals surface area contributed by atoms with Crippen LogP contribution in [0.15, 0.2) is 0 Å². The molecule has 2 saturated heterocycles. The number of likely N-dealkylation sites (tertiary alicyclic amines) is 1. The summed E-state index contributed by atoms with van der Waals surface area (Å²) in [6, 6.07) is 0.687. The number of ether oxygens (including phenoxy) is 1. The lowest BCUT2D eigenvalue weighted by atomic mass is 9.93. The molecule has 2 atom stereocenters. The van der Waals surface area contributed by atoms with Crippen LogP contribution in [0.1, 0.15) is 47.0 Å². The minimum absolute atomic E-state index is 0.164. The fourth-order valence-corrected chi connectivity index (χ4v) is 3.02. The van der Waals surface area contributed by atoms with Crippen LogP contribution in [0.25, 0.3) is 0 Å². The highest BCUT2D eigenvalue weighted by atomic mass is 16.5. The molecule has 2 heterocycles. The Morgan fingerprint density at radius 3 is 2.76 bits per heavy atom. The smallest absolute Gasteiger partial charge is 0.109 e. The van der Waals surface area contributed by atoms with Crippen molar-refractivity contribution in [1.82, 2.24) is 10.2 Å². The van der Waals surface area contributed by atoms with E-state index in [2.05, 4.69) is 37.9 Å². The van der Waals surface area contributed by atoms with Gasteiger partial charge in [-0.05, 0) is 59.4 Å². The number of nitrogens with zero attached hydrogens (tertiary/aromatic N) is 1. The van der Waals surface area contributed by atoms with Crippen molar-refractivity contribution >= 4 is 0 Å². The summed E-state index contributed by atoms with van der Waals surface area (Å²) in [5.41, 5.74) is 0.164. The van der Waals surface area contributed by atoms with Gasteiger partial charge in [0.1, 0.15) is 6.23 Å². The number of nitrogens with one attached hydrogen (secondary N) is 1. The van der Waals surface area contributed by atoms with Crippen molar-refractivity contribution in [3.8, 4) is 0 Å². The van der Waals surface area contributed by atoms with E-state index in [1.54, 1.807) is 0 Å². The van der Waals surface area contributed by atoms with E-state index in [0.717, 1.165) is 12.5 Å². The first-order chi connectivity index (χ1) is 7.96. The van der Waals surface area contributed by atoms with Crippen molar-refractivity contribution in [2.24, 2.45) is 5.92 Å². The predicted octanol–water partition coefficient (Wildman–Crippen LogP) is 2.22. The second-order valence-corrected chi connectivity index (χ2v) is 6.66. The Morgan fingerprint density at radius 2 is 2.18 bits per heavy atom. The lowest BCUT2D eigenvalue weighted by Crippen LogP contribution is -2.43. The van der Waals surface area contributed by atoms with E-state index in [4.69, 9.17) is 4.74 Å². The number of piperidine rings is 1. The highest BCUT2D eigenvalue weighted by molar-refractivity contribution is 4.87. The van der Waals surface area contributed by atoms with Gasteiger partial charge in [-0.25, -0.2) is 0 Å². The van der Waals surface area contributed by atoms with Gasteiger partial charge in [-0.15, -0.1) is 0 Å². The minimum Gasteiger partial charge on any atom is -0.361 e. The Balaban J connectivity index is 1.79. The third-order valence-electron chi connectivity index (χ3n) is 4.03. The first-order valence-corrected chi connectivity index (χ1v) is 7.09. The lowest BCUT2D eigenvalue weighted by molar-refractivity contribution is 0.0536. The van der Waals surface area contributed by atoms with Crippen molar-refractivity contribution in [1.29, 1.82) is 0 Å². The van der Waals surface area contributed by atoms with Crippen molar-refractivity contribution in [3.05, 3.63) is 0 Å². The van der Waals surface area contributed by atoms with Gasteiger partial charge in [0.15, 0.2) is 0 Å². The summed E-state index contributed by atoms with van der Waals surface area (Å²) in [4.78, 5) is 2.61. The van der Waals surface area contributed by atoms with Gasteiger partial charge in [0, 0.05) is 18.1 Å². The summed E-state index contributed by atoms with van der Waals surface area (Å²) < 4.78 is 5.84. The molecule has 0 bridgehead atoms. The third kappa shape index (κ3) is 3.67. The molecule has 2 fully saturated rings. The van der Waals surface area contributed by atoms with E-state index in [1.807, 2.05) is 0 Å². The van der Waals surface area contributed by atoms with Crippen LogP contribution in [0.2, 0.25) is 0 Å². The van der Waals surface area contributed by atoms with Crippen LogP contribution in [0.4, 0.5) is 0 Å². The van der Waals surface area contributed by atoms with Crippen LogP contribution in [0.3, 0.4) is 0 Å². The maximum absolute atomic E-state index is 5.84. The Labute approximate surface area is 106 Å². The Morgan fingerprint density at radius 1 is 1.41 bits per heavy atom. The first kappa shape index (κ1) is 13.3. The van der Waals surface area contributed by atoms with Gasteiger partial charge in [-0.1, -0.05) is 0 Å². The van der Waals surface area contributed by atoms with Gasteiger partial charge in [0.2, 0.25) is 0 Å². The third-order valence-corrected chi connectivity index (χ3v) is 4.03. The first-order valence-electron chi connectivity index (χ1n) is 7.09. The Bertz CT molecular complexity index is 253. The molecule has 0 aliphatic carbocycles. The summed E-state index contributed by atoms with van der Waals surface area (Å²) in [7, 11) is 0. The molecule has 0 aromatic rings. The van der Waals surface area contributed by atoms with Crippen LogP contribution in [0.5, 0.6) is 0 Å². The molecule has 2 aliphatic rings. The zero-order valence-corrected chi connectivity index (χ0v) is 11.8. The van der Waals surface area contributed by atoms with E-state index >= 15 is 0 Å². The second-order valence-electron chi connectivity index (χ2n) is 6.66. The SMILES string of the molecule is CC(C)N1CCCC(CC2NC(C)(C)CO2)C1. The maximum Gasteiger partial charge on any atom is 0.109 e. The molecule has 2 rings (SSSR count). The summed E-state index contributed by atoms with van der Waals surface area (Å²) in [5, 5.41) is 3.58. The standard InChI is InChI=1S/C14H28N2O/c1-11(2)16-7-5-6-12(9-16)8-13-15-14(3,4)10-17-13/h11-13,15H,5-10H2,1-4H3. The van der Waals surface area contributed by atoms with Crippen LogP contribution >= 0.6 is 0 Å². The Kier molecular flexibility index (Phi) is 4.11. The maximum atomic E-state index is 5.84.